The number of carboxylic acid groups (broad SMARTS) is 1. The second-order valence-corrected chi connectivity index (χ2v) is 4.93. The molecule has 2 aromatic rings. The summed E-state index contributed by atoms with van der Waals surface area (Å²) in [7, 11) is 1.88. The fourth-order valence-corrected chi connectivity index (χ4v) is 2.11. The average Bonchev–Trinajstić information content (AvgIpc) is 2.48. The largest absolute Gasteiger partial charge is 0.478 e. The van der Waals surface area contributed by atoms with Gasteiger partial charge in [-0.15, -0.1) is 0 Å². The number of aromatic nitrogens is 1. The summed E-state index contributed by atoms with van der Waals surface area (Å²) < 4.78 is 14.0. The van der Waals surface area contributed by atoms with Gasteiger partial charge < -0.3 is 10.0 Å². The molecule has 0 saturated heterocycles. The molecule has 2 rings (SSSR count). The summed E-state index contributed by atoms with van der Waals surface area (Å²) in [6.07, 6.45) is 4.32. The SMILES string of the molecule is CN(CCc1ccncc1)Cc1cccc(C(=O)O)c1F. The van der Waals surface area contributed by atoms with E-state index in [1.54, 1.807) is 24.5 Å². The highest BCUT2D eigenvalue weighted by Gasteiger charge is 2.14. The molecule has 1 heterocycles. The van der Waals surface area contributed by atoms with Crippen molar-refractivity contribution in [3.8, 4) is 0 Å². The van der Waals surface area contributed by atoms with Gasteiger partial charge in [-0.2, -0.15) is 0 Å². The molecule has 0 radical (unpaired) electrons. The van der Waals surface area contributed by atoms with Crippen LogP contribution in [0.15, 0.2) is 42.7 Å². The van der Waals surface area contributed by atoms with Crippen molar-refractivity contribution < 1.29 is 14.3 Å². The van der Waals surface area contributed by atoms with Gasteiger partial charge in [-0.25, -0.2) is 9.18 Å². The van der Waals surface area contributed by atoms with Crippen LogP contribution in [0.1, 0.15) is 21.5 Å². The molecule has 0 fully saturated rings. The number of aromatic carboxylic acids is 1. The number of carbonyl (C=O) groups is 1. The first-order valence-corrected chi connectivity index (χ1v) is 6.66. The molecule has 0 aliphatic rings. The Morgan fingerprint density at radius 1 is 1.29 bits per heavy atom. The predicted octanol–water partition coefficient (Wildman–Crippen LogP) is 2.59. The van der Waals surface area contributed by atoms with Crippen molar-refractivity contribution in [2.45, 2.75) is 13.0 Å². The standard InChI is InChI=1S/C16H17FN2O2/c1-19(10-7-12-5-8-18-9-6-12)11-13-3-2-4-14(15(13)17)16(20)21/h2-6,8-9H,7,10-11H2,1H3,(H,20,21). The lowest BCUT2D eigenvalue weighted by molar-refractivity contribution is 0.0691. The smallest absolute Gasteiger partial charge is 0.338 e. The van der Waals surface area contributed by atoms with E-state index in [4.69, 9.17) is 5.11 Å². The van der Waals surface area contributed by atoms with Gasteiger partial charge in [0.2, 0.25) is 0 Å². The molecule has 4 nitrogen and oxygen atoms in total. The van der Waals surface area contributed by atoms with Gasteiger partial charge in [0, 0.05) is 31.0 Å². The molecule has 1 aromatic heterocycles. The minimum Gasteiger partial charge on any atom is -0.478 e. The number of hydrogen-bond acceptors (Lipinski definition) is 3. The van der Waals surface area contributed by atoms with Crippen LogP contribution in [0.25, 0.3) is 0 Å². The fourth-order valence-electron chi connectivity index (χ4n) is 2.11. The fraction of sp³-hybridized carbons (Fsp3) is 0.250. The Hall–Kier alpha value is -2.27. The number of likely N-dealkylation sites (N-methyl/N-ethyl adjacent to an activating group) is 1. The Bertz CT molecular complexity index is 617. The van der Waals surface area contributed by atoms with E-state index < -0.39 is 11.8 Å². The zero-order valence-corrected chi connectivity index (χ0v) is 11.8. The maximum absolute atomic E-state index is 14.0. The number of rotatable bonds is 6. The highest BCUT2D eigenvalue weighted by molar-refractivity contribution is 5.88. The topological polar surface area (TPSA) is 53.4 Å². The summed E-state index contributed by atoms with van der Waals surface area (Å²) in [4.78, 5) is 16.8. The Balaban J connectivity index is 1.98. The van der Waals surface area contributed by atoms with E-state index in [-0.39, 0.29) is 5.56 Å². The van der Waals surface area contributed by atoms with Crippen molar-refractivity contribution in [3.05, 3.63) is 65.2 Å². The molecular weight excluding hydrogens is 271 g/mol. The van der Waals surface area contributed by atoms with Crippen LogP contribution in [0.2, 0.25) is 0 Å². The molecule has 0 aliphatic carbocycles. The predicted molar refractivity (Wildman–Crippen MR) is 77.6 cm³/mol. The molecule has 110 valence electrons. The number of halogens is 1. The van der Waals surface area contributed by atoms with Gasteiger partial charge in [0.25, 0.3) is 0 Å². The zero-order chi connectivity index (χ0) is 15.2. The summed E-state index contributed by atoms with van der Waals surface area (Å²) in [5.41, 5.74) is 1.28. The lowest BCUT2D eigenvalue weighted by Crippen LogP contribution is -2.22. The van der Waals surface area contributed by atoms with Crippen molar-refractivity contribution >= 4 is 5.97 Å². The van der Waals surface area contributed by atoms with Crippen molar-refractivity contribution in [2.24, 2.45) is 0 Å². The Kier molecular flexibility index (Phi) is 5.00. The quantitative estimate of drug-likeness (QED) is 0.887. The van der Waals surface area contributed by atoms with Crippen LogP contribution >= 0.6 is 0 Å². The second kappa shape index (κ2) is 6.95. The molecule has 21 heavy (non-hydrogen) atoms. The molecule has 0 amide bonds. The van der Waals surface area contributed by atoms with E-state index in [2.05, 4.69) is 4.98 Å². The molecule has 5 heteroatoms. The number of hydrogen-bond donors (Lipinski definition) is 1. The second-order valence-electron chi connectivity index (χ2n) is 4.93. The third-order valence-corrected chi connectivity index (χ3v) is 3.28. The monoisotopic (exact) mass is 288 g/mol. The third-order valence-electron chi connectivity index (χ3n) is 3.28. The molecule has 0 bridgehead atoms. The number of nitrogens with zero attached hydrogens (tertiary/aromatic N) is 2. The van der Waals surface area contributed by atoms with Crippen LogP contribution in [-0.2, 0) is 13.0 Å². The lowest BCUT2D eigenvalue weighted by atomic mass is 10.1. The van der Waals surface area contributed by atoms with Crippen molar-refractivity contribution in [3.63, 3.8) is 0 Å². The van der Waals surface area contributed by atoms with Gasteiger partial charge in [0.15, 0.2) is 0 Å². The van der Waals surface area contributed by atoms with Gasteiger partial charge in [-0.3, -0.25) is 4.98 Å². The molecule has 0 atom stereocenters. The summed E-state index contributed by atoms with van der Waals surface area (Å²) >= 11 is 0. The molecule has 0 unspecified atom stereocenters. The normalized spacial score (nSPS) is 10.8. The van der Waals surface area contributed by atoms with E-state index in [0.29, 0.717) is 12.1 Å². The molecule has 1 aromatic carbocycles. The van der Waals surface area contributed by atoms with E-state index in [0.717, 1.165) is 18.5 Å². The minimum absolute atomic E-state index is 0.282. The first kappa shape index (κ1) is 15.1. The van der Waals surface area contributed by atoms with Crippen LogP contribution in [0.4, 0.5) is 4.39 Å². The molecule has 0 spiro atoms. The summed E-state index contributed by atoms with van der Waals surface area (Å²) in [5.74, 6) is -1.89. The van der Waals surface area contributed by atoms with Crippen LogP contribution in [0.3, 0.4) is 0 Å². The minimum atomic E-state index is -1.24. The number of pyridine rings is 1. The first-order valence-electron chi connectivity index (χ1n) is 6.66. The Morgan fingerprint density at radius 3 is 2.67 bits per heavy atom. The van der Waals surface area contributed by atoms with Crippen LogP contribution in [0.5, 0.6) is 0 Å². The van der Waals surface area contributed by atoms with Gasteiger partial charge in [0.05, 0.1) is 5.56 Å². The lowest BCUT2D eigenvalue weighted by Gasteiger charge is -2.17. The van der Waals surface area contributed by atoms with E-state index in [1.807, 2.05) is 24.1 Å². The van der Waals surface area contributed by atoms with Crippen molar-refractivity contribution in [2.75, 3.05) is 13.6 Å². The van der Waals surface area contributed by atoms with E-state index >= 15 is 0 Å². The number of benzene rings is 1. The Morgan fingerprint density at radius 2 is 2.00 bits per heavy atom. The maximum Gasteiger partial charge on any atom is 0.338 e. The van der Waals surface area contributed by atoms with E-state index in [9.17, 15) is 9.18 Å². The van der Waals surface area contributed by atoms with Gasteiger partial charge in [-0.1, -0.05) is 12.1 Å². The zero-order valence-electron chi connectivity index (χ0n) is 11.8. The average molecular weight is 288 g/mol. The molecule has 1 N–H and O–H groups in total. The maximum atomic E-state index is 14.0. The molecule has 0 saturated carbocycles. The summed E-state index contributed by atoms with van der Waals surface area (Å²) in [5, 5.41) is 8.92. The van der Waals surface area contributed by atoms with Gasteiger partial charge in [-0.05, 0) is 37.2 Å². The van der Waals surface area contributed by atoms with E-state index in [1.165, 1.54) is 6.07 Å². The highest BCUT2D eigenvalue weighted by atomic mass is 19.1. The van der Waals surface area contributed by atoms with Crippen molar-refractivity contribution in [1.29, 1.82) is 0 Å². The number of carboxylic acids is 1. The van der Waals surface area contributed by atoms with Crippen molar-refractivity contribution in [1.82, 2.24) is 9.88 Å². The van der Waals surface area contributed by atoms with Crippen LogP contribution in [0, 0.1) is 5.82 Å². The Labute approximate surface area is 122 Å². The summed E-state index contributed by atoms with van der Waals surface area (Å²) in [6.45, 7) is 1.12. The van der Waals surface area contributed by atoms with Crippen LogP contribution < -0.4 is 0 Å². The molecular formula is C16H17FN2O2. The summed E-state index contributed by atoms with van der Waals surface area (Å²) in [6, 6.07) is 8.35. The van der Waals surface area contributed by atoms with Crippen LogP contribution in [-0.4, -0.2) is 34.6 Å². The highest BCUT2D eigenvalue weighted by Crippen LogP contribution is 2.15. The van der Waals surface area contributed by atoms with Gasteiger partial charge in [0.1, 0.15) is 5.82 Å². The van der Waals surface area contributed by atoms with Gasteiger partial charge >= 0.3 is 5.97 Å². The third kappa shape index (κ3) is 4.10. The molecule has 0 aliphatic heterocycles. The first-order chi connectivity index (χ1) is 10.1.